The van der Waals surface area contributed by atoms with Crippen LogP contribution < -0.4 is 50.8 Å². The van der Waals surface area contributed by atoms with E-state index in [9.17, 15) is 28.8 Å². The summed E-state index contributed by atoms with van der Waals surface area (Å²) in [7, 11) is 0. The van der Waals surface area contributed by atoms with Crippen LogP contribution in [0.25, 0.3) is 43.1 Å². The van der Waals surface area contributed by atoms with E-state index in [1.807, 2.05) is 62.4 Å². The van der Waals surface area contributed by atoms with Crippen LogP contribution in [0.4, 0.5) is 0 Å². The lowest BCUT2D eigenvalue weighted by atomic mass is 9.80. The van der Waals surface area contributed by atoms with Crippen LogP contribution >= 0.6 is 0 Å². The molecule has 9 aromatic carbocycles. The van der Waals surface area contributed by atoms with E-state index in [-0.39, 0.29) is 148 Å². The summed E-state index contributed by atoms with van der Waals surface area (Å²) < 4.78 is 28.6. The van der Waals surface area contributed by atoms with Crippen LogP contribution in [0.2, 0.25) is 0 Å². The molecular formula is C82H80N8O14. The molecule has 9 aromatic rings. The normalized spacial score (nSPS) is 12.3. The Morgan fingerprint density at radius 3 is 0.740 bits per heavy atom. The monoisotopic (exact) mass is 1400 g/mol. The van der Waals surface area contributed by atoms with Gasteiger partial charge in [0.05, 0.1) is 22.3 Å². The van der Waals surface area contributed by atoms with E-state index < -0.39 is 48.5 Å². The second-order valence-corrected chi connectivity index (χ2v) is 25.9. The zero-order valence-corrected chi connectivity index (χ0v) is 58.9. The molecule has 22 nitrogen and oxygen atoms in total. The summed E-state index contributed by atoms with van der Waals surface area (Å²) in [4.78, 5) is 142. The maximum Gasteiger partial charge on any atom is 0.262 e. The number of carbonyl (C=O) groups is 10. The summed E-state index contributed by atoms with van der Waals surface area (Å²) in [6.45, 7) is 25.5. The molecule has 2 heterocycles. The van der Waals surface area contributed by atoms with Crippen molar-refractivity contribution in [1.29, 1.82) is 0 Å². The van der Waals surface area contributed by atoms with Gasteiger partial charge in [0, 0.05) is 105 Å². The number of amides is 10. The molecule has 104 heavy (non-hydrogen) atoms. The van der Waals surface area contributed by atoms with Gasteiger partial charge >= 0.3 is 0 Å². The van der Waals surface area contributed by atoms with Crippen LogP contribution in [0.15, 0.2) is 170 Å². The largest absolute Gasteiger partial charge is 0.457 e. The van der Waals surface area contributed by atoms with Crippen molar-refractivity contribution in [1.82, 2.24) is 41.7 Å². The second kappa shape index (κ2) is 31.6. The van der Waals surface area contributed by atoms with Crippen molar-refractivity contribution in [2.45, 2.75) is 80.1 Å². The number of fused-ring (bicyclic) bond motifs is 2. The third-order valence-electron chi connectivity index (χ3n) is 17.8. The van der Waals surface area contributed by atoms with Crippen molar-refractivity contribution in [2.24, 2.45) is 0 Å². The highest BCUT2D eigenvalue weighted by atomic mass is 16.5. The predicted octanol–water partition coefficient (Wildman–Crippen LogP) is 12.1. The van der Waals surface area contributed by atoms with Crippen molar-refractivity contribution >= 4 is 102 Å². The Labute approximate surface area is 600 Å². The number of hydrogen-bond donors (Lipinski definition) is 6. The van der Waals surface area contributed by atoms with Gasteiger partial charge in [0.1, 0.15) is 59.1 Å². The molecule has 0 atom stereocenters. The van der Waals surface area contributed by atoms with Crippen LogP contribution in [0.1, 0.15) is 118 Å². The van der Waals surface area contributed by atoms with Crippen molar-refractivity contribution in [2.75, 3.05) is 52.4 Å². The lowest BCUT2D eigenvalue weighted by molar-refractivity contribution is -0.122. The number of nitrogens with zero attached hydrogens (tertiary/aromatic N) is 2. The summed E-state index contributed by atoms with van der Waals surface area (Å²) in [5.74, 6) is -4.69. The van der Waals surface area contributed by atoms with Gasteiger partial charge in [-0.3, -0.25) is 57.7 Å². The number of imide groups is 2. The Bertz CT molecular complexity index is 4440. The minimum atomic E-state index is -0.839. The highest BCUT2D eigenvalue weighted by Gasteiger charge is 2.42. The summed E-state index contributed by atoms with van der Waals surface area (Å²) >= 11 is 0. The van der Waals surface area contributed by atoms with Crippen LogP contribution in [-0.2, 0) is 54.5 Å². The van der Waals surface area contributed by atoms with E-state index in [1.165, 1.54) is 24.3 Å². The standard InChI is InChI=1S/C82H80N8O14/c1-11-33-83-65(91)43-89-79(97)57-39-61(101-53-21-13-49(14-22-53)29-35-85-75(93)45(3)4)69-71-63(103-55-25-17-51(18-26-55)31-37-87-77(95)47(7)8)41-59-68-60(82(100)90(81(59)99)44-66(92)84-34-12-2)42-64(104-56-27-19-52(20-28-56)32-38-88-78(96)48(9)10)72(74(68)71)70-62(40-58(80(89)98)67(57)73(69)70)102-54-23-15-50(16-24-54)30-36-86-76(94)46(5)6/h13-28,39-42H,3,5,7,9,11-12,29-38,43-44H2,1-2,4,6,8,10H3,(H,83,91)(H,84,92)(H,85,93)(H,86,94)(H,87,95)(H,88,96). The molecule has 2 aliphatic rings. The molecule has 22 heteroatoms. The molecule has 6 N–H and O–H groups in total. The van der Waals surface area contributed by atoms with Crippen LogP contribution in [-0.4, -0.2) is 121 Å². The lowest BCUT2D eigenvalue weighted by Gasteiger charge is -2.32. The molecule has 0 radical (unpaired) electrons. The third kappa shape index (κ3) is 15.7. The topological polar surface area (TPSA) is 286 Å². The first-order valence-electron chi connectivity index (χ1n) is 34.4. The highest BCUT2D eigenvalue weighted by Crippen LogP contribution is 2.58. The van der Waals surface area contributed by atoms with Crippen LogP contribution in [0.3, 0.4) is 0 Å². The highest BCUT2D eigenvalue weighted by molar-refractivity contribution is 6.45. The molecule has 0 aromatic heterocycles. The molecule has 0 unspecified atom stereocenters. The van der Waals surface area contributed by atoms with Gasteiger partial charge in [-0.05, 0) is 161 Å². The van der Waals surface area contributed by atoms with Gasteiger partial charge < -0.3 is 50.8 Å². The van der Waals surface area contributed by atoms with E-state index in [4.69, 9.17) is 18.9 Å². The third-order valence-corrected chi connectivity index (χ3v) is 17.8. The number of rotatable bonds is 32. The number of nitrogens with one attached hydrogen (secondary N) is 6. The second-order valence-electron chi connectivity index (χ2n) is 25.9. The van der Waals surface area contributed by atoms with Gasteiger partial charge in [-0.1, -0.05) is 88.7 Å². The Morgan fingerprint density at radius 1 is 0.317 bits per heavy atom. The molecular weight excluding hydrogens is 1320 g/mol. The molecule has 0 bridgehead atoms. The van der Waals surface area contributed by atoms with Crippen molar-refractivity contribution in [3.05, 3.63) is 214 Å². The summed E-state index contributed by atoms with van der Waals surface area (Å²) in [6.07, 6.45) is 2.85. The van der Waals surface area contributed by atoms with Gasteiger partial charge in [0.25, 0.3) is 23.6 Å². The summed E-state index contributed by atoms with van der Waals surface area (Å²) in [5, 5.41) is 18.4. The Morgan fingerprint density at radius 2 is 0.538 bits per heavy atom. The zero-order valence-electron chi connectivity index (χ0n) is 58.9. The van der Waals surface area contributed by atoms with Crippen molar-refractivity contribution < 1.29 is 66.9 Å². The summed E-state index contributed by atoms with van der Waals surface area (Å²) in [5.41, 5.74) is 4.50. The fraction of sp³-hybridized carbons (Fsp3) is 0.244. The minimum Gasteiger partial charge on any atom is -0.457 e. The first kappa shape index (κ1) is 72.8. The SMILES string of the molecule is C=C(C)C(=O)NCCc1ccc(Oc2cc3c4c(cc(Oc5ccc(CCNC(=O)C(=C)C)cc5)c5c6c(Oc7ccc(CCNC(=O)C(=C)C)cc7)cc7c8c(cc(Oc9ccc(CCNC(=O)C(=C)C)cc9)c(c2c45)c86)C(=O)N(CC(=O)NCCC)C7=O)C(=O)N(CC(=O)NCCC)C3=O)cc1. The van der Waals surface area contributed by atoms with Crippen LogP contribution in [0, 0.1) is 0 Å². The molecule has 2 aliphatic heterocycles. The predicted molar refractivity (Wildman–Crippen MR) is 397 cm³/mol. The number of ether oxygens (including phenoxy) is 4. The average molecular weight is 1400 g/mol. The fourth-order valence-electron chi connectivity index (χ4n) is 12.4. The first-order valence-corrected chi connectivity index (χ1v) is 34.4. The molecule has 0 saturated carbocycles. The maximum atomic E-state index is 15.7. The van der Waals surface area contributed by atoms with E-state index >= 15 is 19.2 Å². The van der Waals surface area contributed by atoms with Gasteiger partial charge in [-0.15, -0.1) is 0 Å². The Balaban J connectivity index is 1.24. The van der Waals surface area contributed by atoms with Gasteiger partial charge in [0.2, 0.25) is 35.4 Å². The zero-order chi connectivity index (χ0) is 74.2. The van der Waals surface area contributed by atoms with E-state index in [2.05, 4.69) is 58.2 Å². The van der Waals surface area contributed by atoms with Crippen LogP contribution in [0.5, 0.6) is 46.0 Å². The van der Waals surface area contributed by atoms with E-state index in [0.29, 0.717) is 87.0 Å². The van der Waals surface area contributed by atoms with Crippen molar-refractivity contribution in [3.8, 4) is 46.0 Å². The smallest absolute Gasteiger partial charge is 0.262 e. The van der Waals surface area contributed by atoms with Gasteiger partial charge in [0.15, 0.2) is 0 Å². The van der Waals surface area contributed by atoms with E-state index in [0.717, 1.165) is 32.1 Å². The number of hydrogen-bond acceptors (Lipinski definition) is 14. The maximum absolute atomic E-state index is 15.7. The van der Waals surface area contributed by atoms with Crippen molar-refractivity contribution in [3.63, 3.8) is 0 Å². The number of carbonyl (C=O) groups excluding carboxylic acids is 10. The molecule has 0 fully saturated rings. The molecule has 0 spiro atoms. The summed E-state index contributed by atoms with van der Waals surface area (Å²) in [6, 6.07) is 34.2. The first-order chi connectivity index (χ1) is 49.9. The Hall–Kier alpha value is -12.5. The quantitative estimate of drug-likeness (QED) is 0.00990. The average Bonchev–Trinajstić information content (AvgIpc) is 0.672. The lowest BCUT2D eigenvalue weighted by Crippen LogP contribution is -2.46. The number of benzene rings is 9. The Kier molecular flexibility index (Phi) is 22.1. The van der Waals surface area contributed by atoms with Gasteiger partial charge in [-0.25, -0.2) is 0 Å². The molecule has 10 amide bonds. The molecule has 532 valence electrons. The minimum absolute atomic E-state index is 0.00281. The fourth-order valence-corrected chi connectivity index (χ4v) is 12.4. The van der Waals surface area contributed by atoms with E-state index in [1.54, 1.807) is 76.2 Å². The molecule has 0 aliphatic carbocycles. The van der Waals surface area contributed by atoms with Gasteiger partial charge in [-0.2, -0.15) is 0 Å². The molecule has 11 rings (SSSR count). The molecule has 0 saturated heterocycles.